The van der Waals surface area contributed by atoms with Gasteiger partial charge in [0.05, 0.1) is 136 Å². The molecule has 0 unspecified atom stereocenters. The minimum absolute atomic E-state index is 0.00186. The van der Waals surface area contributed by atoms with Crippen LogP contribution in [-0.4, -0.2) is 244 Å². The summed E-state index contributed by atoms with van der Waals surface area (Å²) in [5.41, 5.74) is 1.09. The largest absolute Gasteiger partial charge is 0.444 e. The van der Waals surface area contributed by atoms with Crippen LogP contribution in [0, 0.1) is 0 Å². The Balaban J connectivity index is 0.695. The van der Waals surface area contributed by atoms with Gasteiger partial charge >= 0.3 is 6.09 Å². The predicted octanol–water partition coefficient (Wildman–Crippen LogP) is 0.271. The van der Waals surface area contributed by atoms with Gasteiger partial charge in [0, 0.05) is 118 Å². The molecule has 0 aromatic carbocycles. The van der Waals surface area contributed by atoms with Gasteiger partial charge in [-0.2, -0.15) is 0 Å². The molecule has 9 amide bonds. The summed E-state index contributed by atoms with van der Waals surface area (Å²) in [6.45, 7) is 12.7. The molecule has 6 heterocycles. The third-order valence-corrected chi connectivity index (χ3v) is 13.7. The molecule has 0 radical (unpaired) electrons. The van der Waals surface area contributed by atoms with E-state index < -0.39 is 53.0 Å². The lowest BCUT2D eigenvalue weighted by molar-refractivity contribution is -0.121. The van der Waals surface area contributed by atoms with Crippen molar-refractivity contribution in [3.63, 3.8) is 0 Å². The zero-order chi connectivity index (χ0) is 72.2. The molecular weight excluding hydrogens is 1310 g/mol. The third-order valence-electron chi connectivity index (χ3n) is 13.7. The molecule has 38 heteroatoms. The van der Waals surface area contributed by atoms with E-state index in [1.54, 1.807) is 83.8 Å². The summed E-state index contributed by atoms with van der Waals surface area (Å²) in [6.07, 6.45) is 10.0. The van der Waals surface area contributed by atoms with E-state index in [9.17, 15) is 43.2 Å². The topological polar surface area (TPSA) is 439 Å². The van der Waals surface area contributed by atoms with Crippen LogP contribution in [0.3, 0.4) is 0 Å². The van der Waals surface area contributed by atoms with E-state index in [-0.39, 0.29) is 111 Å². The van der Waals surface area contributed by atoms with Crippen LogP contribution in [0.2, 0.25) is 0 Å². The highest BCUT2D eigenvalue weighted by Crippen LogP contribution is 2.18. The Morgan fingerprint density at radius 1 is 0.420 bits per heavy atom. The molecule has 0 aliphatic carbocycles. The number of carbonyl (C=O) groups is 9. The summed E-state index contributed by atoms with van der Waals surface area (Å²) < 4.78 is 58.4. The number of aryl methyl sites for hydroxylation is 5. The lowest BCUT2D eigenvalue weighted by Crippen LogP contribution is -2.33. The molecule has 6 rings (SSSR count). The summed E-state index contributed by atoms with van der Waals surface area (Å²) in [4.78, 5) is 127. The number of aromatic nitrogens is 11. The fraction of sp³-hybridized carbons (Fsp3) is 0.548. The highest BCUT2D eigenvalue weighted by atomic mass is 16.6. The van der Waals surface area contributed by atoms with E-state index in [2.05, 4.69) is 73.1 Å². The third kappa shape index (κ3) is 29.2. The Labute approximate surface area is 576 Å². The smallest absolute Gasteiger partial charge is 0.407 e. The molecule has 0 spiro atoms. The summed E-state index contributed by atoms with van der Waals surface area (Å²) in [7, 11) is 8.04. The van der Waals surface area contributed by atoms with Gasteiger partial charge in [0.1, 0.15) is 22.7 Å². The second-order valence-corrected chi connectivity index (χ2v) is 23.0. The van der Waals surface area contributed by atoms with Gasteiger partial charge in [-0.3, -0.25) is 38.4 Å². The van der Waals surface area contributed by atoms with Crippen LogP contribution >= 0.6 is 0 Å². The average molecular weight is 1410 g/mol. The number of nitrogens with one attached hydrogen (secondary N) is 9. The molecule has 0 saturated carbocycles. The lowest BCUT2D eigenvalue weighted by Gasteiger charge is -2.19. The van der Waals surface area contributed by atoms with Crippen molar-refractivity contribution in [2.24, 2.45) is 35.2 Å². The van der Waals surface area contributed by atoms with Crippen molar-refractivity contribution in [3.8, 4) is 0 Å². The van der Waals surface area contributed by atoms with E-state index in [1.165, 1.54) is 55.2 Å². The molecule has 6 aromatic rings. The minimum atomic E-state index is -0.639. The predicted molar refractivity (Wildman–Crippen MR) is 357 cm³/mol. The number of nitrogens with zero attached hydrogens (tertiary/aromatic N) is 11. The molecule has 0 fully saturated rings. The van der Waals surface area contributed by atoms with Gasteiger partial charge in [-0.05, 0) is 32.9 Å². The summed E-state index contributed by atoms with van der Waals surface area (Å²) in [6, 6.07) is 2.93. The number of imidazole rings is 3. The van der Waals surface area contributed by atoms with Crippen molar-refractivity contribution in [2.75, 3.05) is 153 Å². The number of ether oxygens (including phenoxy) is 9. The Kier molecular flexibility index (Phi) is 33.3. The fourth-order valence-corrected chi connectivity index (χ4v) is 8.85. The molecule has 0 saturated heterocycles. The van der Waals surface area contributed by atoms with Crippen molar-refractivity contribution < 1.29 is 85.8 Å². The van der Waals surface area contributed by atoms with Crippen LogP contribution in [0.5, 0.6) is 0 Å². The Bertz CT molecular complexity index is 3600. The summed E-state index contributed by atoms with van der Waals surface area (Å²) >= 11 is 0. The Morgan fingerprint density at radius 2 is 0.840 bits per heavy atom. The molecule has 38 nitrogen and oxygen atoms in total. The number of amides is 9. The van der Waals surface area contributed by atoms with Crippen LogP contribution in [-0.2, 0) is 105 Å². The van der Waals surface area contributed by atoms with Gasteiger partial charge in [0.25, 0.3) is 29.5 Å². The second kappa shape index (κ2) is 42.1. The molecule has 0 aliphatic heterocycles. The normalized spacial score (nSPS) is 11.3. The molecule has 6 aromatic heterocycles. The van der Waals surface area contributed by atoms with Crippen LogP contribution in [0.1, 0.15) is 98.6 Å². The number of carbonyl (C=O) groups excluding carboxylic acids is 9. The van der Waals surface area contributed by atoms with Crippen molar-refractivity contribution in [1.82, 2.24) is 79.4 Å². The fourth-order valence-electron chi connectivity index (χ4n) is 8.85. The average Bonchev–Trinajstić information content (AvgIpc) is 1.70. The minimum Gasteiger partial charge on any atom is -0.444 e. The highest BCUT2D eigenvalue weighted by Gasteiger charge is 2.22. The molecule has 100 heavy (non-hydrogen) atoms. The summed E-state index contributed by atoms with van der Waals surface area (Å²) in [5, 5.41) is 32.0. The number of hydrogen-bond donors (Lipinski definition) is 9. The van der Waals surface area contributed by atoms with Gasteiger partial charge in [0.15, 0.2) is 17.5 Å². The number of rotatable bonds is 47. The lowest BCUT2D eigenvalue weighted by atomic mass is 10.2. The van der Waals surface area contributed by atoms with Gasteiger partial charge in [-0.1, -0.05) is 5.21 Å². The van der Waals surface area contributed by atoms with E-state index in [0.717, 1.165) is 0 Å². The maximum absolute atomic E-state index is 13.3. The second-order valence-electron chi connectivity index (χ2n) is 23.0. The standard InChI is InChI=1S/C62H92N20O18/c1-62(2,3)100-61(91)68-37-45-40-82(76-75-45)18-20-93-22-24-95-26-28-97-30-32-99-34-33-98-31-29-96-27-25-94-23-21-92-19-16-63-50(83)9-12-67-58(88)54-73-48(41-80(54)7)71-51(84)10-13-66-57(87)47-36-44(39-79(47)6)70-60(90)55-74-49(42-81(55)8)72-52(85)11-14-65-56(86)46-35-43(38-78(46)5)69-59(89)53-64-15-17-77(53)4/h15,17,35-36,38-42H,9-14,16,18-34,37H2,1-8H3,(H,63,83)(H,65,86)(H,66,87)(H,67,88)(H,68,91)(H,69,89)(H,70,90)(H,71,84)(H,72,85). The Morgan fingerprint density at radius 3 is 1.29 bits per heavy atom. The van der Waals surface area contributed by atoms with Gasteiger partial charge in [-0.15, -0.1) is 5.10 Å². The SMILES string of the molecule is Cn1cc(NC(=O)c2nc(NC(=O)CCNC(=O)c3cc(NC(=O)c4nccn4C)cn3C)cn2C)cc1C(=O)NCCC(=O)Nc1cn(C)c(C(=O)NCCC(=O)NCCOCCOCCOCCOCCOCCOCCOCCOCCn2cc(CNC(=O)OC(C)(C)C)nn2)n1. The van der Waals surface area contributed by atoms with Crippen LogP contribution in [0.15, 0.2) is 55.5 Å². The van der Waals surface area contributed by atoms with Crippen molar-refractivity contribution in [3.05, 3.63) is 90.1 Å². The first-order valence-corrected chi connectivity index (χ1v) is 32.2. The van der Waals surface area contributed by atoms with Crippen molar-refractivity contribution in [1.29, 1.82) is 0 Å². The number of alkyl carbamates (subject to hydrolysis) is 1. The number of hydrogen-bond acceptors (Lipinski definition) is 23. The molecule has 0 atom stereocenters. The maximum atomic E-state index is 13.3. The number of anilines is 4. The molecule has 548 valence electrons. The first-order chi connectivity index (χ1) is 48.0. The summed E-state index contributed by atoms with van der Waals surface area (Å²) in [5.74, 6) is -3.63. The maximum Gasteiger partial charge on any atom is 0.407 e. The van der Waals surface area contributed by atoms with E-state index in [1.807, 2.05) is 0 Å². The van der Waals surface area contributed by atoms with Gasteiger partial charge in [0.2, 0.25) is 29.4 Å². The molecular formula is C62H92N20O18. The zero-order valence-corrected chi connectivity index (χ0v) is 57.6. The quantitative estimate of drug-likeness (QED) is 0.0232. The highest BCUT2D eigenvalue weighted by molar-refractivity contribution is 6.05. The van der Waals surface area contributed by atoms with Gasteiger partial charge in [-0.25, -0.2) is 24.4 Å². The van der Waals surface area contributed by atoms with Crippen LogP contribution in [0.4, 0.5) is 27.8 Å². The molecule has 0 bridgehead atoms. The van der Waals surface area contributed by atoms with Crippen LogP contribution in [0.25, 0.3) is 0 Å². The van der Waals surface area contributed by atoms with E-state index in [4.69, 9.17) is 42.6 Å². The van der Waals surface area contributed by atoms with E-state index >= 15 is 0 Å². The monoisotopic (exact) mass is 1400 g/mol. The molecule has 9 N–H and O–H groups in total. The van der Waals surface area contributed by atoms with Crippen molar-refractivity contribution in [2.45, 2.75) is 58.7 Å². The van der Waals surface area contributed by atoms with Gasteiger partial charge < -0.3 is 113 Å². The molecule has 0 aliphatic rings. The van der Waals surface area contributed by atoms with Crippen LogP contribution < -0.4 is 47.9 Å². The first kappa shape index (κ1) is 79.0. The Hall–Kier alpha value is -9.96. The van der Waals surface area contributed by atoms with Crippen molar-refractivity contribution >= 4 is 76.4 Å². The van der Waals surface area contributed by atoms with E-state index in [0.29, 0.717) is 117 Å². The first-order valence-electron chi connectivity index (χ1n) is 32.2. The zero-order valence-electron chi connectivity index (χ0n) is 57.6.